The molecule has 2 saturated heterocycles. The minimum atomic E-state index is 0.162. The summed E-state index contributed by atoms with van der Waals surface area (Å²) in [7, 11) is 0. The zero-order valence-electron chi connectivity index (χ0n) is 13.8. The molecule has 1 amide bonds. The Bertz CT molecular complexity index is 479. The summed E-state index contributed by atoms with van der Waals surface area (Å²) in [6, 6.07) is 11.1. The summed E-state index contributed by atoms with van der Waals surface area (Å²) in [6.07, 6.45) is 2.41. The largest absolute Gasteiger partial charge is 0.353 e. The lowest BCUT2D eigenvalue weighted by atomic mass is 10.2. The van der Waals surface area contributed by atoms with Crippen LogP contribution in [0.25, 0.3) is 0 Å². The minimum Gasteiger partial charge on any atom is -0.353 e. The third-order valence-corrected chi connectivity index (χ3v) is 4.79. The number of nitrogens with one attached hydrogen (secondary N) is 2. The number of amides is 1. The van der Waals surface area contributed by atoms with E-state index in [1.54, 1.807) is 0 Å². The molecule has 5 nitrogen and oxygen atoms in total. The van der Waals surface area contributed by atoms with E-state index in [4.69, 9.17) is 0 Å². The van der Waals surface area contributed by atoms with E-state index in [1.807, 2.05) is 0 Å². The van der Waals surface area contributed by atoms with Gasteiger partial charge in [0.2, 0.25) is 5.91 Å². The number of nitrogens with zero attached hydrogens (tertiary/aromatic N) is 2. The fourth-order valence-corrected chi connectivity index (χ4v) is 3.37. The Morgan fingerprint density at radius 1 is 1.13 bits per heavy atom. The molecule has 0 aromatic heterocycles. The van der Waals surface area contributed by atoms with Crippen LogP contribution in [0.2, 0.25) is 0 Å². The number of carbonyl (C=O) groups is 1. The first-order chi connectivity index (χ1) is 11.3. The van der Waals surface area contributed by atoms with Crippen molar-refractivity contribution in [3.05, 3.63) is 35.9 Å². The lowest BCUT2D eigenvalue weighted by Crippen LogP contribution is -2.50. The van der Waals surface area contributed by atoms with E-state index < -0.39 is 0 Å². The van der Waals surface area contributed by atoms with Gasteiger partial charge in [-0.25, -0.2) is 0 Å². The highest BCUT2D eigenvalue weighted by Crippen LogP contribution is 2.08. The number of benzene rings is 1. The first-order valence-corrected chi connectivity index (χ1v) is 8.78. The van der Waals surface area contributed by atoms with Crippen molar-refractivity contribution < 1.29 is 4.79 Å². The van der Waals surface area contributed by atoms with Crippen LogP contribution in [0.5, 0.6) is 0 Å². The van der Waals surface area contributed by atoms with Gasteiger partial charge in [0.05, 0.1) is 6.54 Å². The minimum absolute atomic E-state index is 0.162. The highest BCUT2D eigenvalue weighted by atomic mass is 16.2. The molecule has 0 bridgehead atoms. The maximum Gasteiger partial charge on any atom is 0.234 e. The van der Waals surface area contributed by atoms with Crippen LogP contribution >= 0.6 is 0 Å². The van der Waals surface area contributed by atoms with E-state index in [9.17, 15) is 4.79 Å². The van der Waals surface area contributed by atoms with Crippen LogP contribution in [0.15, 0.2) is 30.3 Å². The van der Waals surface area contributed by atoms with E-state index in [0.717, 1.165) is 45.8 Å². The molecule has 2 heterocycles. The van der Waals surface area contributed by atoms with Gasteiger partial charge in [-0.15, -0.1) is 0 Å². The molecule has 1 aromatic rings. The summed E-state index contributed by atoms with van der Waals surface area (Å²) in [4.78, 5) is 16.8. The molecule has 0 spiro atoms. The third-order valence-electron chi connectivity index (χ3n) is 4.79. The Kier molecular flexibility index (Phi) is 6.02. The molecule has 126 valence electrons. The van der Waals surface area contributed by atoms with E-state index in [2.05, 4.69) is 50.8 Å². The normalized spacial score (nSPS) is 23.0. The summed E-state index contributed by atoms with van der Waals surface area (Å²) in [5.74, 6) is 0.162. The summed E-state index contributed by atoms with van der Waals surface area (Å²) in [5, 5.41) is 6.48. The molecule has 2 aliphatic heterocycles. The van der Waals surface area contributed by atoms with Crippen molar-refractivity contribution in [3.63, 3.8) is 0 Å². The third kappa shape index (κ3) is 5.30. The number of carbonyl (C=O) groups excluding carboxylic acids is 1. The smallest absolute Gasteiger partial charge is 0.234 e. The van der Waals surface area contributed by atoms with Crippen LogP contribution in [0.1, 0.15) is 18.4 Å². The highest BCUT2D eigenvalue weighted by molar-refractivity contribution is 5.78. The standard InChI is InChI=1S/C18H28N4O/c23-18(20-13-17-7-4-8-19-17)15-22-11-9-21(10-12-22)14-16-5-2-1-3-6-16/h1-3,5-6,17,19H,4,7-15H2,(H,20,23). The van der Waals surface area contributed by atoms with Crippen molar-refractivity contribution in [2.45, 2.75) is 25.4 Å². The van der Waals surface area contributed by atoms with Crippen LogP contribution in [0, 0.1) is 0 Å². The van der Waals surface area contributed by atoms with Gasteiger partial charge in [0.1, 0.15) is 0 Å². The van der Waals surface area contributed by atoms with Gasteiger partial charge < -0.3 is 10.6 Å². The maximum absolute atomic E-state index is 12.0. The molecular weight excluding hydrogens is 288 g/mol. The zero-order valence-corrected chi connectivity index (χ0v) is 13.8. The van der Waals surface area contributed by atoms with Gasteiger partial charge in [-0.3, -0.25) is 14.6 Å². The Morgan fingerprint density at radius 3 is 2.57 bits per heavy atom. The molecule has 1 unspecified atom stereocenters. The lowest BCUT2D eigenvalue weighted by Gasteiger charge is -2.34. The molecule has 1 atom stereocenters. The monoisotopic (exact) mass is 316 g/mol. The van der Waals surface area contributed by atoms with Crippen molar-refractivity contribution in [2.24, 2.45) is 0 Å². The predicted molar refractivity (Wildman–Crippen MR) is 92.2 cm³/mol. The lowest BCUT2D eigenvalue weighted by molar-refractivity contribution is -0.122. The Labute approximate surface area is 139 Å². The van der Waals surface area contributed by atoms with E-state index in [1.165, 1.54) is 18.4 Å². The van der Waals surface area contributed by atoms with Crippen LogP contribution in [-0.4, -0.2) is 67.6 Å². The molecular formula is C18H28N4O. The van der Waals surface area contributed by atoms with Gasteiger partial charge in [-0.05, 0) is 24.9 Å². The van der Waals surface area contributed by atoms with E-state index in [0.29, 0.717) is 12.6 Å². The average molecular weight is 316 g/mol. The van der Waals surface area contributed by atoms with Gasteiger partial charge in [0, 0.05) is 45.3 Å². The Balaban J connectivity index is 1.33. The highest BCUT2D eigenvalue weighted by Gasteiger charge is 2.20. The maximum atomic E-state index is 12.0. The Morgan fingerprint density at radius 2 is 1.87 bits per heavy atom. The first-order valence-electron chi connectivity index (χ1n) is 8.78. The van der Waals surface area contributed by atoms with E-state index in [-0.39, 0.29) is 5.91 Å². The van der Waals surface area contributed by atoms with Crippen molar-refractivity contribution in [1.29, 1.82) is 0 Å². The summed E-state index contributed by atoms with van der Waals surface area (Å²) in [5.41, 5.74) is 1.36. The van der Waals surface area contributed by atoms with Gasteiger partial charge in [-0.2, -0.15) is 0 Å². The topological polar surface area (TPSA) is 47.6 Å². The molecule has 2 N–H and O–H groups in total. The number of hydrogen-bond donors (Lipinski definition) is 2. The molecule has 0 aliphatic carbocycles. The molecule has 0 radical (unpaired) electrons. The fraction of sp³-hybridized carbons (Fsp3) is 0.611. The van der Waals surface area contributed by atoms with Crippen LogP contribution in [-0.2, 0) is 11.3 Å². The molecule has 3 rings (SSSR count). The second-order valence-corrected chi connectivity index (χ2v) is 6.64. The van der Waals surface area contributed by atoms with Crippen LogP contribution in [0.3, 0.4) is 0 Å². The Hall–Kier alpha value is -1.43. The first kappa shape index (κ1) is 16.4. The average Bonchev–Trinajstić information content (AvgIpc) is 3.09. The SMILES string of the molecule is O=C(CN1CCN(Cc2ccccc2)CC1)NCC1CCCN1. The van der Waals surface area contributed by atoms with E-state index >= 15 is 0 Å². The van der Waals surface area contributed by atoms with Gasteiger partial charge in [-0.1, -0.05) is 30.3 Å². The number of rotatable bonds is 6. The summed E-state index contributed by atoms with van der Waals surface area (Å²) < 4.78 is 0. The van der Waals surface area contributed by atoms with Gasteiger partial charge in [0.15, 0.2) is 0 Å². The van der Waals surface area contributed by atoms with Gasteiger partial charge in [0.25, 0.3) is 0 Å². The molecule has 2 fully saturated rings. The van der Waals surface area contributed by atoms with Crippen molar-refractivity contribution >= 4 is 5.91 Å². The fourth-order valence-electron chi connectivity index (χ4n) is 3.37. The molecule has 0 saturated carbocycles. The van der Waals surface area contributed by atoms with Crippen molar-refractivity contribution in [1.82, 2.24) is 20.4 Å². The second-order valence-electron chi connectivity index (χ2n) is 6.64. The quantitative estimate of drug-likeness (QED) is 0.810. The van der Waals surface area contributed by atoms with Crippen molar-refractivity contribution in [3.8, 4) is 0 Å². The van der Waals surface area contributed by atoms with Crippen molar-refractivity contribution in [2.75, 3.05) is 45.8 Å². The second kappa shape index (κ2) is 8.43. The molecule has 1 aromatic carbocycles. The van der Waals surface area contributed by atoms with Crippen LogP contribution in [0.4, 0.5) is 0 Å². The summed E-state index contributed by atoms with van der Waals surface area (Å²) in [6.45, 7) is 7.42. The van der Waals surface area contributed by atoms with Gasteiger partial charge >= 0.3 is 0 Å². The molecule has 23 heavy (non-hydrogen) atoms. The number of hydrogen-bond acceptors (Lipinski definition) is 4. The predicted octanol–water partition coefficient (Wildman–Crippen LogP) is 0.672. The molecule has 2 aliphatic rings. The molecule has 5 heteroatoms. The van der Waals surface area contributed by atoms with Crippen LogP contribution < -0.4 is 10.6 Å². The number of piperazine rings is 1. The summed E-state index contributed by atoms with van der Waals surface area (Å²) >= 11 is 0. The zero-order chi connectivity index (χ0) is 15.9.